The van der Waals surface area contributed by atoms with E-state index in [4.69, 9.17) is 0 Å². The lowest BCUT2D eigenvalue weighted by Gasteiger charge is -2.37. The molecule has 0 spiro atoms. The summed E-state index contributed by atoms with van der Waals surface area (Å²) in [4.78, 5) is 29.5. The Morgan fingerprint density at radius 2 is 1.54 bits per heavy atom. The summed E-state index contributed by atoms with van der Waals surface area (Å²) < 4.78 is 13.2. The zero-order valence-corrected chi connectivity index (χ0v) is 16.7. The van der Waals surface area contributed by atoms with Crippen LogP contribution in [0.25, 0.3) is 0 Å². The van der Waals surface area contributed by atoms with Crippen LogP contribution >= 0.6 is 0 Å². The maximum atomic E-state index is 13.2. The van der Waals surface area contributed by atoms with Crippen LogP contribution in [0.1, 0.15) is 63.4 Å². The molecule has 3 fully saturated rings. The maximum absolute atomic E-state index is 13.2. The summed E-state index contributed by atoms with van der Waals surface area (Å²) in [6.07, 6.45) is 9.87. The van der Waals surface area contributed by atoms with Crippen molar-refractivity contribution in [2.45, 2.75) is 63.2 Å². The fraction of sp³-hybridized carbons (Fsp3) is 0.652. The fourth-order valence-corrected chi connectivity index (χ4v) is 4.94. The molecule has 4 nitrogen and oxygen atoms in total. The lowest BCUT2D eigenvalue weighted by Crippen LogP contribution is -2.53. The van der Waals surface area contributed by atoms with Gasteiger partial charge in [0.2, 0.25) is 11.8 Å². The number of rotatable bonds is 5. The average molecular weight is 387 g/mol. The average Bonchev–Trinajstić information content (AvgIpc) is 3.55. The molecule has 3 aliphatic rings. The summed E-state index contributed by atoms with van der Waals surface area (Å²) in [6, 6.07) is 6.35. The summed E-state index contributed by atoms with van der Waals surface area (Å²) in [5.74, 6) is 0.851. The highest BCUT2D eigenvalue weighted by atomic mass is 19.1. The van der Waals surface area contributed by atoms with Crippen molar-refractivity contribution < 1.29 is 14.0 Å². The lowest BCUT2D eigenvalue weighted by atomic mass is 9.86. The highest BCUT2D eigenvalue weighted by molar-refractivity contribution is 5.91. The van der Waals surface area contributed by atoms with Gasteiger partial charge in [-0.25, -0.2) is 4.39 Å². The highest BCUT2D eigenvalue weighted by Crippen LogP contribution is 2.49. The van der Waals surface area contributed by atoms with Crippen LogP contribution in [-0.4, -0.2) is 47.8 Å². The normalized spacial score (nSPS) is 22.2. The van der Waals surface area contributed by atoms with Gasteiger partial charge in [0.15, 0.2) is 0 Å². The Bertz CT molecular complexity index is 700. The Morgan fingerprint density at radius 1 is 0.929 bits per heavy atom. The standard InChI is InChI=1S/C23H31FN2O2/c24-20-9-7-19(8-10-20)23(12-13-23)22(28)26-16-14-25(15-17-26)21(27)11-6-18-4-2-1-3-5-18/h7-10,18H,1-6,11-17H2. The first-order valence-electron chi connectivity index (χ1n) is 10.9. The monoisotopic (exact) mass is 386 g/mol. The van der Waals surface area contributed by atoms with E-state index >= 15 is 0 Å². The zero-order chi connectivity index (χ0) is 19.6. The first-order chi connectivity index (χ1) is 13.6. The number of benzene rings is 1. The van der Waals surface area contributed by atoms with Crippen LogP contribution in [0.4, 0.5) is 4.39 Å². The van der Waals surface area contributed by atoms with E-state index in [9.17, 15) is 14.0 Å². The van der Waals surface area contributed by atoms with Crippen LogP contribution in [0.15, 0.2) is 24.3 Å². The van der Waals surface area contributed by atoms with Crippen LogP contribution in [-0.2, 0) is 15.0 Å². The van der Waals surface area contributed by atoms with Gasteiger partial charge in [0.05, 0.1) is 5.41 Å². The van der Waals surface area contributed by atoms with Crippen molar-refractivity contribution in [2.75, 3.05) is 26.2 Å². The van der Waals surface area contributed by atoms with Gasteiger partial charge in [0, 0.05) is 32.6 Å². The SMILES string of the molecule is O=C(CCC1CCCCC1)N1CCN(C(=O)C2(c3ccc(F)cc3)CC2)CC1. The van der Waals surface area contributed by atoms with Crippen LogP contribution in [0.3, 0.4) is 0 Å². The summed E-state index contributed by atoms with van der Waals surface area (Å²) in [5.41, 5.74) is 0.464. The van der Waals surface area contributed by atoms with E-state index in [0.29, 0.717) is 32.6 Å². The van der Waals surface area contributed by atoms with Crippen molar-refractivity contribution in [2.24, 2.45) is 5.92 Å². The van der Waals surface area contributed by atoms with Gasteiger partial charge in [0.1, 0.15) is 5.82 Å². The van der Waals surface area contributed by atoms with Crippen molar-refractivity contribution in [3.05, 3.63) is 35.6 Å². The van der Waals surface area contributed by atoms with Crippen LogP contribution < -0.4 is 0 Å². The Hall–Kier alpha value is -1.91. The molecule has 4 rings (SSSR count). The molecule has 5 heteroatoms. The van der Waals surface area contributed by atoms with Gasteiger partial charge in [-0.1, -0.05) is 44.2 Å². The number of amides is 2. The van der Waals surface area contributed by atoms with Crippen LogP contribution in [0.2, 0.25) is 0 Å². The molecular formula is C23H31FN2O2. The van der Waals surface area contributed by atoms with E-state index < -0.39 is 5.41 Å². The quantitative estimate of drug-likeness (QED) is 0.770. The van der Waals surface area contributed by atoms with E-state index in [0.717, 1.165) is 30.7 Å². The number of carbonyl (C=O) groups excluding carboxylic acids is 2. The summed E-state index contributed by atoms with van der Waals surface area (Å²) in [7, 11) is 0. The third-order valence-corrected chi connectivity index (χ3v) is 6.97. The number of nitrogens with zero attached hydrogens (tertiary/aromatic N) is 2. The molecule has 2 saturated carbocycles. The second-order valence-corrected chi connectivity index (χ2v) is 8.80. The topological polar surface area (TPSA) is 40.6 Å². The largest absolute Gasteiger partial charge is 0.339 e. The molecule has 0 atom stereocenters. The summed E-state index contributed by atoms with van der Waals surface area (Å²) >= 11 is 0. The fourth-order valence-electron chi connectivity index (χ4n) is 4.94. The molecule has 0 unspecified atom stereocenters. The summed E-state index contributed by atoms with van der Waals surface area (Å²) in [5, 5.41) is 0. The van der Waals surface area contributed by atoms with Crippen LogP contribution in [0.5, 0.6) is 0 Å². The molecule has 1 aliphatic heterocycles. The number of carbonyl (C=O) groups is 2. The lowest BCUT2D eigenvalue weighted by molar-refractivity contribution is -0.141. The summed E-state index contributed by atoms with van der Waals surface area (Å²) in [6.45, 7) is 2.48. The maximum Gasteiger partial charge on any atom is 0.233 e. The van der Waals surface area contributed by atoms with Gasteiger partial charge in [-0.05, 0) is 42.9 Å². The molecule has 28 heavy (non-hydrogen) atoms. The van der Waals surface area contributed by atoms with E-state index in [1.54, 1.807) is 12.1 Å². The van der Waals surface area contributed by atoms with E-state index in [1.165, 1.54) is 44.2 Å². The van der Waals surface area contributed by atoms with Crippen LogP contribution in [0, 0.1) is 11.7 Å². The van der Waals surface area contributed by atoms with E-state index in [2.05, 4.69) is 0 Å². The first kappa shape index (κ1) is 19.4. The number of hydrogen-bond donors (Lipinski definition) is 0. The Labute approximate surface area is 167 Å². The molecule has 1 saturated heterocycles. The predicted octanol–water partition coefficient (Wildman–Crippen LogP) is 3.89. The van der Waals surface area contributed by atoms with Crippen molar-refractivity contribution in [3.63, 3.8) is 0 Å². The minimum atomic E-state index is -0.457. The smallest absolute Gasteiger partial charge is 0.233 e. The molecule has 0 bridgehead atoms. The van der Waals surface area contributed by atoms with Gasteiger partial charge in [0.25, 0.3) is 0 Å². The zero-order valence-electron chi connectivity index (χ0n) is 16.7. The Kier molecular flexibility index (Phi) is 5.70. The van der Waals surface area contributed by atoms with Crippen molar-refractivity contribution >= 4 is 11.8 Å². The Balaban J connectivity index is 1.27. The molecular weight excluding hydrogens is 355 g/mol. The molecule has 2 amide bonds. The molecule has 1 aromatic rings. The molecule has 152 valence electrons. The van der Waals surface area contributed by atoms with Gasteiger partial charge < -0.3 is 9.80 Å². The third kappa shape index (κ3) is 4.08. The highest BCUT2D eigenvalue weighted by Gasteiger charge is 2.53. The van der Waals surface area contributed by atoms with Gasteiger partial charge in [-0.3, -0.25) is 9.59 Å². The second-order valence-electron chi connectivity index (χ2n) is 8.80. The third-order valence-electron chi connectivity index (χ3n) is 6.97. The number of piperazine rings is 1. The van der Waals surface area contributed by atoms with Gasteiger partial charge in [-0.2, -0.15) is 0 Å². The predicted molar refractivity (Wildman–Crippen MR) is 106 cm³/mol. The van der Waals surface area contributed by atoms with Gasteiger partial charge >= 0.3 is 0 Å². The molecule has 2 aliphatic carbocycles. The minimum absolute atomic E-state index is 0.147. The minimum Gasteiger partial charge on any atom is -0.339 e. The van der Waals surface area contributed by atoms with E-state index in [1.807, 2.05) is 9.80 Å². The van der Waals surface area contributed by atoms with Crippen molar-refractivity contribution in [1.29, 1.82) is 0 Å². The number of halogens is 1. The van der Waals surface area contributed by atoms with Crippen molar-refractivity contribution in [1.82, 2.24) is 9.80 Å². The van der Waals surface area contributed by atoms with Gasteiger partial charge in [-0.15, -0.1) is 0 Å². The molecule has 0 radical (unpaired) electrons. The van der Waals surface area contributed by atoms with Crippen molar-refractivity contribution in [3.8, 4) is 0 Å². The molecule has 1 heterocycles. The van der Waals surface area contributed by atoms with E-state index in [-0.39, 0.29) is 17.6 Å². The molecule has 0 aromatic heterocycles. The number of hydrogen-bond acceptors (Lipinski definition) is 2. The molecule has 0 N–H and O–H groups in total. The molecule has 1 aromatic carbocycles. The first-order valence-corrected chi connectivity index (χ1v) is 10.9. The Morgan fingerprint density at radius 3 is 2.14 bits per heavy atom. The second kappa shape index (κ2) is 8.22.